The highest BCUT2D eigenvalue weighted by Crippen LogP contribution is 2.34. The summed E-state index contributed by atoms with van der Waals surface area (Å²) in [4.78, 5) is 11.7. The quantitative estimate of drug-likeness (QED) is 0.502. The van der Waals surface area contributed by atoms with Crippen molar-refractivity contribution >= 4 is 45.3 Å². The molecule has 0 aromatic heterocycles. The van der Waals surface area contributed by atoms with Gasteiger partial charge >= 0.3 is 0 Å². The summed E-state index contributed by atoms with van der Waals surface area (Å²) in [5, 5.41) is 17.1. The van der Waals surface area contributed by atoms with Crippen molar-refractivity contribution in [3.8, 4) is 11.5 Å². The first-order valence-electron chi connectivity index (χ1n) is 6.87. The molecule has 0 atom stereocenters. The van der Waals surface area contributed by atoms with E-state index in [0.29, 0.717) is 20.8 Å². The SMILES string of the molecule is COc1cc(C=NNC(=O)CNc2cccc(Cl)c2)cc(Br)c1O. The lowest BCUT2D eigenvalue weighted by molar-refractivity contribution is -0.119. The smallest absolute Gasteiger partial charge is 0.259 e. The maximum Gasteiger partial charge on any atom is 0.259 e. The fourth-order valence-electron chi connectivity index (χ4n) is 1.82. The van der Waals surface area contributed by atoms with Crippen LogP contribution in [0.5, 0.6) is 11.5 Å². The second-order valence-electron chi connectivity index (χ2n) is 4.71. The number of anilines is 1. The van der Waals surface area contributed by atoms with Crippen molar-refractivity contribution in [1.82, 2.24) is 5.43 Å². The summed E-state index contributed by atoms with van der Waals surface area (Å²) in [5.41, 5.74) is 3.80. The first-order chi connectivity index (χ1) is 11.5. The molecule has 1 amide bonds. The summed E-state index contributed by atoms with van der Waals surface area (Å²) in [7, 11) is 1.45. The lowest BCUT2D eigenvalue weighted by Gasteiger charge is -2.07. The van der Waals surface area contributed by atoms with Gasteiger partial charge in [-0.15, -0.1) is 0 Å². The fourth-order valence-corrected chi connectivity index (χ4v) is 2.47. The average molecular weight is 413 g/mol. The number of aromatic hydroxyl groups is 1. The Balaban J connectivity index is 1.89. The van der Waals surface area contributed by atoms with E-state index in [4.69, 9.17) is 16.3 Å². The number of rotatable bonds is 6. The number of halogens is 2. The van der Waals surface area contributed by atoms with Crippen LogP contribution in [0.2, 0.25) is 5.02 Å². The molecule has 0 saturated heterocycles. The molecule has 0 saturated carbocycles. The number of phenols is 1. The minimum Gasteiger partial charge on any atom is -0.503 e. The first kappa shape index (κ1) is 18.1. The van der Waals surface area contributed by atoms with E-state index in [0.717, 1.165) is 5.69 Å². The summed E-state index contributed by atoms with van der Waals surface area (Å²) >= 11 is 9.08. The first-order valence-corrected chi connectivity index (χ1v) is 8.04. The van der Waals surface area contributed by atoms with E-state index in [9.17, 15) is 9.90 Å². The Hall–Kier alpha value is -2.25. The molecule has 8 heteroatoms. The van der Waals surface area contributed by atoms with Gasteiger partial charge in [-0.25, -0.2) is 5.43 Å². The van der Waals surface area contributed by atoms with E-state index < -0.39 is 0 Å². The van der Waals surface area contributed by atoms with Gasteiger partial charge in [-0.1, -0.05) is 17.7 Å². The van der Waals surface area contributed by atoms with Gasteiger partial charge in [-0.2, -0.15) is 5.10 Å². The van der Waals surface area contributed by atoms with Crippen LogP contribution >= 0.6 is 27.5 Å². The molecule has 0 aliphatic rings. The molecule has 2 aromatic rings. The standard InChI is InChI=1S/C16H15BrClN3O3/c1-24-14-6-10(5-13(17)16(14)23)8-20-21-15(22)9-19-12-4-2-3-11(18)7-12/h2-8,19,23H,9H2,1H3,(H,21,22). The van der Waals surface area contributed by atoms with Gasteiger partial charge in [0, 0.05) is 10.7 Å². The number of nitrogens with one attached hydrogen (secondary N) is 2. The van der Waals surface area contributed by atoms with Gasteiger partial charge in [-0.05, 0) is 51.8 Å². The van der Waals surface area contributed by atoms with Crippen molar-refractivity contribution in [2.24, 2.45) is 5.10 Å². The molecule has 24 heavy (non-hydrogen) atoms. The zero-order valence-electron chi connectivity index (χ0n) is 12.7. The molecule has 2 aromatic carbocycles. The third-order valence-electron chi connectivity index (χ3n) is 2.95. The van der Waals surface area contributed by atoms with E-state index >= 15 is 0 Å². The Morgan fingerprint density at radius 1 is 1.42 bits per heavy atom. The van der Waals surface area contributed by atoms with Crippen LogP contribution in [0.3, 0.4) is 0 Å². The molecule has 0 aliphatic heterocycles. The number of phenolic OH excluding ortho intramolecular Hbond substituents is 1. The third kappa shape index (κ3) is 5.14. The number of hydrazone groups is 1. The van der Waals surface area contributed by atoms with Gasteiger partial charge in [0.2, 0.25) is 0 Å². The number of amides is 1. The van der Waals surface area contributed by atoms with Crippen LogP contribution in [0.15, 0.2) is 46.0 Å². The van der Waals surface area contributed by atoms with Crippen molar-refractivity contribution in [2.75, 3.05) is 19.0 Å². The fraction of sp³-hybridized carbons (Fsp3) is 0.125. The van der Waals surface area contributed by atoms with Gasteiger partial charge in [0.1, 0.15) is 0 Å². The van der Waals surface area contributed by atoms with Gasteiger partial charge < -0.3 is 15.2 Å². The number of ether oxygens (including phenoxy) is 1. The van der Waals surface area contributed by atoms with Crippen molar-refractivity contribution < 1.29 is 14.6 Å². The Kier molecular flexibility index (Phi) is 6.45. The maximum atomic E-state index is 11.7. The predicted octanol–water partition coefficient (Wildman–Crippen LogP) is 3.38. The van der Waals surface area contributed by atoms with Crippen LogP contribution in [0, 0.1) is 0 Å². The monoisotopic (exact) mass is 411 g/mol. The van der Waals surface area contributed by atoms with Crippen LogP contribution in [-0.2, 0) is 4.79 Å². The van der Waals surface area contributed by atoms with E-state index in [2.05, 4.69) is 31.8 Å². The van der Waals surface area contributed by atoms with Gasteiger partial charge in [0.25, 0.3) is 5.91 Å². The second-order valence-corrected chi connectivity index (χ2v) is 6.00. The van der Waals surface area contributed by atoms with Crippen LogP contribution < -0.4 is 15.5 Å². The van der Waals surface area contributed by atoms with Crippen molar-refractivity contribution in [1.29, 1.82) is 0 Å². The third-order valence-corrected chi connectivity index (χ3v) is 3.79. The molecule has 0 unspecified atom stereocenters. The van der Waals surface area contributed by atoms with Gasteiger partial charge in [0.05, 0.1) is 24.3 Å². The zero-order valence-corrected chi connectivity index (χ0v) is 15.1. The molecule has 0 fully saturated rings. The second kappa shape index (κ2) is 8.56. The summed E-state index contributed by atoms with van der Waals surface area (Å²) in [6.07, 6.45) is 1.45. The number of methoxy groups -OCH3 is 1. The lowest BCUT2D eigenvalue weighted by atomic mass is 10.2. The Labute approximate surface area is 152 Å². The predicted molar refractivity (Wildman–Crippen MR) is 98.0 cm³/mol. The van der Waals surface area contributed by atoms with E-state index in [-0.39, 0.29) is 18.2 Å². The summed E-state index contributed by atoms with van der Waals surface area (Å²) in [5.74, 6) is 0.000200. The van der Waals surface area contributed by atoms with E-state index in [1.807, 2.05) is 6.07 Å². The van der Waals surface area contributed by atoms with Crippen molar-refractivity contribution in [3.63, 3.8) is 0 Å². The van der Waals surface area contributed by atoms with Crippen LogP contribution in [0.1, 0.15) is 5.56 Å². The summed E-state index contributed by atoms with van der Waals surface area (Å²) < 4.78 is 5.51. The molecule has 0 heterocycles. The number of carbonyl (C=O) groups is 1. The summed E-state index contributed by atoms with van der Waals surface area (Å²) in [6, 6.07) is 10.3. The molecule has 6 nitrogen and oxygen atoms in total. The maximum absolute atomic E-state index is 11.7. The van der Waals surface area contributed by atoms with Crippen LogP contribution in [-0.4, -0.2) is 30.9 Å². The topological polar surface area (TPSA) is 83.0 Å². The van der Waals surface area contributed by atoms with E-state index in [1.54, 1.807) is 30.3 Å². The Morgan fingerprint density at radius 2 is 2.21 bits per heavy atom. The molecular weight excluding hydrogens is 398 g/mol. The van der Waals surface area contributed by atoms with Crippen molar-refractivity contribution in [2.45, 2.75) is 0 Å². The zero-order chi connectivity index (χ0) is 17.5. The van der Waals surface area contributed by atoms with Crippen LogP contribution in [0.4, 0.5) is 5.69 Å². The molecule has 0 aliphatic carbocycles. The van der Waals surface area contributed by atoms with Gasteiger partial charge in [-0.3, -0.25) is 4.79 Å². The lowest BCUT2D eigenvalue weighted by Crippen LogP contribution is -2.25. The van der Waals surface area contributed by atoms with Crippen LogP contribution in [0.25, 0.3) is 0 Å². The largest absolute Gasteiger partial charge is 0.503 e. The van der Waals surface area contributed by atoms with E-state index in [1.165, 1.54) is 13.3 Å². The van der Waals surface area contributed by atoms with Crippen molar-refractivity contribution in [3.05, 3.63) is 51.5 Å². The number of benzene rings is 2. The molecule has 126 valence electrons. The minimum atomic E-state index is -0.309. The number of nitrogens with zero attached hydrogens (tertiary/aromatic N) is 1. The normalized spacial score (nSPS) is 10.6. The highest BCUT2D eigenvalue weighted by Gasteiger charge is 2.07. The molecule has 0 bridgehead atoms. The Bertz CT molecular complexity index is 768. The number of carbonyl (C=O) groups excluding carboxylic acids is 1. The molecule has 2 rings (SSSR count). The minimum absolute atomic E-state index is 0.00408. The highest BCUT2D eigenvalue weighted by molar-refractivity contribution is 9.10. The molecule has 3 N–H and O–H groups in total. The molecular formula is C16H15BrClN3O3. The average Bonchev–Trinajstić information content (AvgIpc) is 2.56. The number of hydrogen-bond donors (Lipinski definition) is 3. The number of hydrogen-bond acceptors (Lipinski definition) is 5. The summed E-state index contributed by atoms with van der Waals surface area (Å²) in [6.45, 7) is 0.0558. The van der Waals surface area contributed by atoms with Gasteiger partial charge in [0.15, 0.2) is 11.5 Å². The Morgan fingerprint density at radius 3 is 2.92 bits per heavy atom. The highest BCUT2D eigenvalue weighted by atomic mass is 79.9. The molecule has 0 spiro atoms. The molecule has 0 radical (unpaired) electrons.